The van der Waals surface area contributed by atoms with Gasteiger partial charge in [-0.15, -0.1) is 0 Å². The molecule has 0 saturated carbocycles. The number of hydrogen-bond donors (Lipinski definition) is 1. The van der Waals surface area contributed by atoms with Crippen LogP contribution in [0.5, 0.6) is 0 Å². The zero-order valence-electron chi connectivity index (χ0n) is 6.25. The second kappa shape index (κ2) is 3.34. The van der Waals surface area contributed by atoms with Crippen molar-refractivity contribution in [2.75, 3.05) is 12.0 Å². The molecule has 0 aliphatic rings. The van der Waals surface area contributed by atoms with E-state index in [-0.39, 0.29) is 0 Å². The van der Waals surface area contributed by atoms with Gasteiger partial charge >= 0.3 is 5.97 Å². The Bertz CT molecular complexity index is 269. The van der Waals surface area contributed by atoms with Gasteiger partial charge in [0, 0.05) is 6.26 Å². The van der Waals surface area contributed by atoms with E-state index in [1.807, 2.05) is 0 Å². The van der Waals surface area contributed by atoms with Crippen LogP contribution < -0.4 is 0 Å². The lowest BCUT2D eigenvalue weighted by molar-refractivity contribution is -0.143. The molecule has 7 heteroatoms. The van der Waals surface area contributed by atoms with Gasteiger partial charge in [0.1, 0.15) is 12.2 Å². The number of carbonyl (C=O) groups is 1. The van der Waals surface area contributed by atoms with Gasteiger partial charge in [-0.1, -0.05) is 0 Å². The minimum atomic E-state index is -3.84. The first-order valence-corrected chi connectivity index (χ1v) is 4.96. The third-order valence-electron chi connectivity index (χ3n) is 0.883. The topological polar surface area (TPSA) is 71.4 Å². The Morgan fingerprint density at radius 2 is 1.92 bits per heavy atom. The van der Waals surface area contributed by atoms with E-state index in [4.69, 9.17) is 5.11 Å². The highest BCUT2D eigenvalue weighted by atomic mass is 32.2. The van der Waals surface area contributed by atoms with Gasteiger partial charge in [-0.25, -0.2) is 17.2 Å². The van der Waals surface area contributed by atoms with E-state index in [0.29, 0.717) is 6.26 Å². The molecule has 0 aromatic heterocycles. The molecule has 0 unspecified atom stereocenters. The molecule has 0 amide bonds. The van der Waals surface area contributed by atoms with Crippen LogP contribution in [-0.2, 0) is 14.6 Å². The van der Waals surface area contributed by atoms with Crippen LogP contribution in [0.4, 0.5) is 8.78 Å². The summed E-state index contributed by atoms with van der Waals surface area (Å²) in [5.74, 6) is -6.82. The van der Waals surface area contributed by atoms with E-state index in [1.54, 1.807) is 0 Å². The highest BCUT2D eigenvalue weighted by molar-refractivity contribution is 7.90. The minimum Gasteiger partial charge on any atom is -0.481 e. The van der Waals surface area contributed by atoms with E-state index in [0.717, 1.165) is 0 Å². The van der Waals surface area contributed by atoms with Crippen LogP contribution in [0.2, 0.25) is 0 Å². The standard InChI is InChI=1S/C5H8F2O4S/c1-12(10,11)3-5(6,7)2-4(8)9/h2-3H2,1H3,(H,8,9). The predicted molar refractivity (Wildman–Crippen MR) is 36.9 cm³/mol. The number of carboxylic acid groups (broad SMARTS) is 1. The van der Waals surface area contributed by atoms with Crippen molar-refractivity contribution in [2.24, 2.45) is 0 Å². The average molecular weight is 202 g/mol. The molecule has 0 spiro atoms. The van der Waals surface area contributed by atoms with Crippen LogP contribution in [0.3, 0.4) is 0 Å². The van der Waals surface area contributed by atoms with Gasteiger partial charge in [-0.2, -0.15) is 0 Å². The average Bonchev–Trinajstić information content (AvgIpc) is 1.48. The van der Waals surface area contributed by atoms with Gasteiger partial charge in [-0.05, 0) is 0 Å². The highest BCUT2D eigenvalue weighted by Gasteiger charge is 2.36. The summed E-state index contributed by atoms with van der Waals surface area (Å²) in [6, 6.07) is 0. The monoisotopic (exact) mass is 202 g/mol. The number of hydrogen-bond acceptors (Lipinski definition) is 3. The summed E-state index contributed by atoms with van der Waals surface area (Å²) in [4.78, 5) is 9.83. The van der Waals surface area contributed by atoms with Crippen LogP contribution in [-0.4, -0.2) is 37.4 Å². The van der Waals surface area contributed by atoms with Gasteiger partial charge in [0.15, 0.2) is 9.84 Å². The zero-order chi connectivity index (χ0) is 9.99. The third-order valence-corrected chi connectivity index (χ3v) is 1.83. The molecule has 0 aliphatic carbocycles. The number of aliphatic carboxylic acids is 1. The maximum absolute atomic E-state index is 12.4. The van der Waals surface area contributed by atoms with Crippen molar-refractivity contribution in [3.63, 3.8) is 0 Å². The van der Waals surface area contributed by atoms with E-state index >= 15 is 0 Å². The molecule has 0 heterocycles. The zero-order valence-corrected chi connectivity index (χ0v) is 7.07. The van der Waals surface area contributed by atoms with E-state index in [9.17, 15) is 22.0 Å². The van der Waals surface area contributed by atoms with Crippen LogP contribution in [0.25, 0.3) is 0 Å². The molecular formula is C5H8F2O4S. The summed E-state index contributed by atoms with van der Waals surface area (Å²) in [6.07, 6.45) is -0.831. The lowest BCUT2D eigenvalue weighted by atomic mass is 10.3. The van der Waals surface area contributed by atoms with Gasteiger partial charge < -0.3 is 5.11 Å². The molecule has 0 aromatic carbocycles. The van der Waals surface area contributed by atoms with Gasteiger partial charge in [0.2, 0.25) is 0 Å². The van der Waals surface area contributed by atoms with Crippen molar-refractivity contribution in [1.82, 2.24) is 0 Å². The summed E-state index contributed by atoms with van der Waals surface area (Å²) < 4.78 is 45.5. The molecule has 1 N–H and O–H groups in total. The smallest absolute Gasteiger partial charge is 0.309 e. The molecule has 0 aliphatic heterocycles. The number of carboxylic acids is 1. The second-order valence-corrected chi connectivity index (χ2v) is 4.64. The molecule has 0 atom stereocenters. The van der Waals surface area contributed by atoms with Gasteiger partial charge in [0.05, 0.1) is 0 Å². The Morgan fingerprint density at radius 3 is 2.17 bits per heavy atom. The molecule has 0 rings (SSSR count). The first-order chi connectivity index (χ1) is 5.12. The predicted octanol–water partition coefficient (Wildman–Crippen LogP) is 0.141. The van der Waals surface area contributed by atoms with E-state index < -0.39 is 33.9 Å². The SMILES string of the molecule is CS(=O)(=O)CC(F)(F)CC(=O)O. The minimum absolute atomic E-state index is 0.628. The molecular weight excluding hydrogens is 194 g/mol. The van der Waals surface area contributed by atoms with Crippen LogP contribution in [0.1, 0.15) is 6.42 Å². The van der Waals surface area contributed by atoms with E-state index in [2.05, 4.69) is 0 Å². The Balaban J connectivity index is 4.33. The maximum Gasteiger partial charge on any atom is 0.309 e. The Morgan fingerprint density at radius 1 is 1.50 bits per heavy atom. The van der Waals surface area contributed by atoms with Crippen molar-refractivity contribution in [1.29, 1.82) is 0 Å². The summed E-state index contributed by atoms with van der Waals surface area (Å²) in [5, 5.41) is 7.97. The van der Waals surface area contributed by atoms with Crippen molar-refractivity contribution >= 4 is 15.8 Å². The summed E-state index contributed by atoms with van der Waals surface area (Å²) in [7, 11) is -3.84. The Kier molecular flexibility index (Phi) is 3.14. The molecule has 0 saturated heterocycles. The summed E-state index contributed by atoms with van der Waals surface area (Å²) >= 11 is 0. The summed E-state index contributed by atoms with van der Waals surface area (Å²) in [6.45, 7) is 0. The van der Waals surface area contributed by atoms with Crippen molar-refractivity contribution in [3.8, 4) is 0 Å². The maximum atomic E-state index is 12.4. The quantitative estimate of drug-likeness (QED) is 0.703. The Hall–Kier alpha value is -0.720. The number of halogens is 2. The largest absolute Gasteiger partial charge is 0.481 e. The van der Waals surface area contributed by atoms with E-state index in [1.165, 1.54) is 0 Å². The number of sulfone groups is 1. The fraction of sp³-hybridized carbons (Fsp3) is 0.800. The molecule has 0 fully saturated rings. The molecule has 0 radical (unpaired) electrons. The first-order valence-electron chi connectivity index (χ1n) is 2.90. The molecule has 12 heavy (non-hydrogen) atoms. The van der Waals surface area contributed by atoms with Gasteiger partial charge in [0.25, 0.3) is 5.92 Å². The van der Waals surface area contributed by atoms with Crippen molar-refractivity contribution in [2.45, 2.75) is 12.3 Å². The van der Waals surface area contributed by atoms with Crippen LogP contribution in [0, 0.1) is 0 Å². The highest BCUT2D eigenvalue weighted by Crippen LogP contribution is 2.19. The number of alkyl halides is 2. The fourth-order valence-corrected chi connectivity index (χ4v) is 1.53. The Labute approximate surface area is 68.1 Å². The number of rotatable bonds is 4. The van der Waals surface area contributed by atoms with Gasteiger partial charge in [-0.3, -0.25) is 4.79 Å². The second-order valence-electron chi connectivity index (χ2n) is 2.50. The summed E-state index contributed by atoms with van der Waals surface area (Å²) in [5.41, 5.74) is 0. The fourth-order valence-electron chi connectivity index (χ4n) is 0.656. The van der Waals surface area contributed by atoms with Crippen molar-refractivity contribution in [3.05, 3.63) is 0 Å². The normalized spacial score (nSPS) is 12.9. The molecule has 4 nitrogen and oxygen atoms in total. The lowest BCUT2D eigenvalue weighted by Gasteiger charge is -2.11. The van der Waals surface area contributed by atoms with Crippen LogP contribution in [0.15, 0.2) is 0 Å². The first kappa shape index (κ1) is 11.3. The lowest BCUT2D eigenvalue weighted by Crippen LogP contribution is -2.29. The molecule has 0 bridgehead atoms. The van der Waals surface area contributed by atoms with Crippen molar-refractivity contribution < 1.29 is 27.1 Å². The third kappa shape index (κ3) is 6.02. The molecule has 72 valence electrons. The van der Waals surface area contributed by atoms with Crippen LogP contribution >= 0.6 is 0 Å². The molecule has 0 aromatic rings.